The number of non-ortho nitro benzene ring substituents is 1. The number of carbonyl (C=O) groups is 1. The van der Waals surface area contributed by atoms with Crippen LogP contribution in [0.3, 0.4) is 0 Å². The average Bonchev–Trinajstić information content (AvgIpc) is 2.44. The monoisotopic (exact) mass is 325 g/mol. The van der Waals surface area contributed by atoms with Crippen LogP contribution in [-0.2, 0) is 9.53 Å². The van der Waals surface area contributed by atoms with Crippen LogP contribution in [0.1, 0.15) is 25.5 Å². The molecule has 11 nitrogen and oxygen atoms in total. The van der Waals surface area contributed by atoms with E-state index >= 15 is 0 Å². The fourth-order valence-corrected chi connectivity index (χ4v) is 1.70. The van der Waals surface area contributed by atoms with E-state index in [0.29, 0.717) is 6.07 Å². The summed E-state index contributed by atoms with van der Waals surface area (Å²) in [6, 6.07) is 1.25. The van der Waals surface area contributed by atoms with Gasteiger partial charge in [0.2, 0.25) is 0 Å². The number of carbonyl (C=O) groups excluding carboxylic acids is 1. The zero-order chi connectivity index (χ0) is 17.9. The van der Waals surface area contributed by atoms with Gasteiger partial charge in [0.05, 0.1) is 20.3 Å². The summed E-state index contributed by atoms with van der Waals surface area (Å²) in [6.45, 7) is 5.86. The van der Waals surface area contributed by atoms with E-state index in [1.54, 1.807) is 0 Å². The van der Waals surface area contributed by atoms with Crippen molar-refractivity contribution >= 4 is 23.0 Å². The van der Waals surface area contributed by atoms with Crippen LogP contribution in [0, 0.1) is 30.3 Å². The number of esters is 1. The zero-order valence-electron chi connectivity index (χ0n) is 12.0. The number of nitro groups is 3. The molecule has 0 N–H and O–H groups in total. The SMILES string of the molecule is C=C(C)C(=O)OC(C)c1cc([N+](=O)[O-])cc([N+](=O)[O-])c1[N+](=O)[O-]. The highest BCUT2D eigenvalue weighted by Gasteiger charge is 2.35. The van der Waals surface area contributed by atoms with Gasteiger partial charge in [-0.15, -0.1) is 0 Å². The lowest BCUT2D eigenvalue weighted by Crippen LogP contribution is -2.12. The summed E-state index contributed by atoms with van der Waals surface area (Å²) in [5.74, 6) is -0.888. The number of hydrogen-bond acceptors (Lipinski definition) is 8. The second-order valence-electron chi connectivity index (χ2n) is 4.50. The van der Waals surface area contributed by atoms with Gasteiger partial charge < -0.3 is 4.74 Å². The van der Waals surface area contributed by atoms with Crippen LogP contribution < -0.4 is 0 Å². The molecule has 0 aliphatic carbocycles. The molecule has 0 saturated heterocycles. The molecule has 1 aromatic rings. The summed E-state index contributed by atoms with van der Waals surface area (Å²) in [7, 11) is 0. The van der Waals surface area contributed by atoms with Gasteiger partial charge in [0.1, 0.15) is 12.2 Å². The van der Waals surface area contributed by atoms with Gasteiger partial charge in [-0.1, -0.05) is 6.58 Å². The fraction of sp³-hybridized carbons (Fsp3) is 0.250. The molecule has 0 heterocycles. The summed E-state index contributed by atoms with van der Waals surface area (Å²) >= 11 is 0. The van der Waals surface area contributed by atoms with Crippen molar-refractivity contribution < 1.29 is 24.3 Å². The summed E-state index contributed by atoms with van der Waals surface area (Å²) in [6.07, 6.45) is -1.32. The van der Waals surface area contributed by atoms with Gasteiger partial charge in [-0.25, -0.2) is 4.79 Å². The van der Waals surface area contributed by atoms with Gasteiger partial charge in [-0.05, 0) is 13.8 Å². The van der Waals surface area contributed by atoms with Crippen LogP contribution >= 0.6 is 0 Å². The second-order valence-corrected chi connectivity index (χ2v) is 4.50. The molecular weight excluding hydrogens is 314 g/mol. The number of benzene rings is 1. The number of rotatable bonds is 6. The van der Waals surface area contributed by atoms with E-state index in [4.69, 9.17) is 4.74 Å². The standard InChI is InChI=1S/C12H11N3O8/c1-6(2)12(16)23-7(3)9-4-8(13(17)18)5-10(14(19)20)11(9)15(21)22/h4-5,7H,1H2,2-3H3. The van der Waals surface area contributed by atoms with Crippen LogP contribution in [0.25, 0.3) is 0 Å². The largest absolute Gasteiger partial charge is 0.454 e. The molecule has 11 heteroatoms. The minimum absolute atomic E-state index is 0.000524. The Hall–Kier alpha value is -3.37. The van der Waals surface area contributed by atoms with Crippen molar-refractivity contribution in [2.45, 2.75) is 20.0 Å². The Morgan fingerprint density at radius 1 is 1.13 bits per heavy atom. The molecule has 0 aliphatic rings. The minimum atomic E-state index is -1.32. The molecule has 1 unspecified atom stereocenters. The van der Waals surface area contributed by atoms with Crippen LogP contribution in [0.5, 0.6) is 0 Å². The molecule has 1 rings (SSSR count). The molecule has 0 spiro atoms. The highest BCUT2D eigenvalue weighted by atomic mass is 16.6. The Kier molecular flexibility index (Phi) is 5.07. The normalized spacial score (nSPS) is 11.4. The maximum absolute atomic E-state index is 11.5. The Bertz CT molecular complexity index is 727. The lowest BCUT2D eigenvalue weighted by molar-refractivity contribution is -0.425. The minimum Gasteiger partial charge on any atom is -0.454 e. The van der Waals surface area contributed by atoms with E-state index in [-0.39, 0.29) is 5.57 Å². The highest BCUT2D eigenvalue weighted by molar-refractivity contribution is 5.87. The smallest absolute Gasteiger partial charge is 0.353 e. The first-order valence-electron chi connectivity index (χ1n) is 6.03. The predicted molar refractivity (Wildman–Crippen MR) is 75.7 cm³/mol. The number of nitrogens with zero attached hydrogens (tertiary/aromatic N) is 3. The van der Waals surface area contributed by atoms with Crippen molar-refractivity contribution in [2.75, 3.05) is 0 Å². The summed E-state index contributed by atoms with van der Waals surface area (Å²) in [5.41, 5.74) is -3.21. The third-order valence-electron chi connectivity index (χ3n) is 2.76. The van der Waals surface area contributed by atoms with Crippen LogP contribution in [0.4, 0.5) is 17.1 Å². The predicted octanol–water partition coefficient (Wildman–Crippen LogP) is 2.59. The van der Waals surface area contributed by atoms with Crippen LogP contribution in [-0.4, -0.2) is 20.7 Å². The third-order valence-corrected chi connectivity index (χ3v) is 2.76. The van der Waals surface area contributed by atoms with E-state index in [1.807, 2.05) is 0 Å². The number of ether oxygens (including phenoxy) is 1. The first-order chi connectivity index (χ1) is 10.6. The second kappa shape index (κ2) is 6.60. The average molecular weight is 325 g/mol. The van der Waals surface area contributed by atoms with E-state index < -0.39 is 49.5 Å². The van der Waals surface area contributed by atoms with Crippen LogP contribution in [0.15, 0.2) is 24.3 Å². The van der Waals surface area contributed by atoms with Gasteiger partial charge in [0.15, 0.2) is 0 Å². The summed E-state index contributed by atoms with van der Waals surface area (Å²) in [5, 5.41) is 32.9. The quantitative estimate of drug-likeness (QED) is 0.334. The molecular formula is C12H11N3O8. The van der Waals surface area contributed by atoms with Crippen molar-refractivity contribution in [3.8, 4) is 0 Å². The molecule has 0 aromatic heterocycles. The molecule has 0 bridgehead atoms. The molecule has 0 radical (unpaired) electrons. The molecule has 1 aromatic carbocycles. The van der Waals surface area contributed by atoms with Gasteiger partial charge in [-0.3, -0.25) is 30.3 Å². The van der Waals surface area contributed by atoms with Gasteiger partial charge >= 0.3 is 17.3 Å². The number of hydrogen-bond donors (Lipinski definition) is 0. The lowest BCUT2D eigenvalue weighted by atomic mass is 10.1. The topological polar surface area (TPSA) is 156 Å². The molecule has 0 amide bonds. The van der Waals surface area contributed by atoms with Crippen LogP contribution in [0.2, 0.25) is 0 Å². The van der Waals surface area contributed by atoms with Crippen molar-refractivity contribution in [3.05, 3.63) is 60.2 Å². The highest BCUT2D eigenvalue weighted by Crippen LogP contribution is 2.39. The maximum Gasteiger partial charge on any atom is 0.353 e. The van der Waals surface area contributed by atoms with Crippen molar-refractivity contribution in [1.29, 1.82) is 0 Å². The molecule has 23 heavy (non-hydrogen) atoms. The van der Waals surface area contributed by atoms with E-state index in [2.05, 4.69) is 6.58 Å². The van der Waals surface area contributed by atoms with Gasteiger partial charge in [-0.2, -0.15) is 0 Å². The Morgan fingerprint density at radius 2 is 1.70 bits per heavy atom. The molecule has 1 atom stereocenters. The van der Waals surface area contributed by atoms with E-state index in [0.717, 1.165) is 6.07 Å². The summed E-state index contributed by atoms with van der Waals surface area (Å²) in [4.78, 5) is 41.3. The van der Waals surface area contributed by atoms with E-state index in [9.17, 15) is 35.1 Å². The zero-order valence-corrected chi connectivity index (χ0v) is 12.0. The third kappa shape index (κ3) is 3.84. The van der Waals surface area contributed by atoms with Crippen molar-refractivity contribution in [1.82, 2.24) is 0 Å². The maximum atomic E-state index is 11.5. The first kappa shape index (κ1) is 17.7. The Balaban J connectivity index is 3.57. The Labute approximate surface area is 128 Å². The molecule has 122 valence electrons. The summed E-state index contributed by atoms with van der Waals surface area (Å²) < 4.78 is 4.87. The molecule has 0 aliphatic heterocycles. The van der Waals surface area contributed by atoms with E-state index in [1.165, 1.54) is 13.8 Å². The van der Waals surface area contributed by atoms with Crippen molar-refractivity contribution in [2.24, 2.45) is 0 Å². The van der Waals surface area contributed by atoms with Gasteiger partial charge in [0.25, 0.3) is 5.69 Å². The fourth-order valence-electron chi connectivity index (χ4n) is 1.70. The Morgan fingerprint density at radius 3 is 2.09 bits per heavy atom. The molecule has 0 saturated carbocycles. The van der Waals surface area contributed by atoms with Crippen molar-refractivity contribution in [3.63, 3.8) is 0 Å². The first-order valence-corrected chi connectivity index (χ1v) is 6.03. The molecule has 0 fully saturated rings. The number of nitro benzene ring substituents is 3. The lowest BCUT2D eigenvalue weighted by Gasteiger charge is -2.13. The van der Waals surface area contributed by atoms with Gasteiger partial charge in [0, 0.05) is 11.6 Å².